The zero-order valence-electron chi connectivity index (χ0n) is 24.1. The van der Waals surface area contributed by atoms with Crippen LogP contribution in [-0.2, 0) is 5.60 Å². The number of benzene rings is 4. The highest BCUT2D eigenvalue weighted by atomic mass is 32.1. The van der Waals surface area contributed by atoms with E-state index >= 15 is 0 Å². The number of rotatable bonds is 6. The fraction of sp³-hybridized carbons (Fsp3) is 0.182. The van der Waals surface area contributed by atoms with E-state index in [-0.39, 0.29) is 11.3 Å². The van der Waals surface area contributed by atoms with Crippen LogP contribution in [0.15, 0.2) is 84.9 Å². The first-order valence-corrected chi connectivity index (χ1v) is 15.0. The predicted octanol–water partition coefficient (Wildman–Crippen LogP) is 9.77. The molecule has 1 unspecified atom stereocenters. The number of hydrogen-bond acceptors (Lipinski definition) is 8. The topological polar surface area (TPSA) is 81.5 Å². The lowest BCUT2D eigenvalue weighted by Crippen LogP contribution is -2.39. The molecule has 0 saturated heterocycles. The van der Waals surface area contributed by atoms with Gasteiger partial charge in [-0.2, -0.15) is 13.2 Å². The largest absolute Gasteiger partial charge is 0.457 e. The average molecular weight is 637 g/mol. The number of Topliss-reactive ketones (excluding diaryl/α,β-unsaturated/α-hetero) is 1. The van der Waals surface area contributed by atoms with Crippen LogP contribution < -0.4 is 9.47 Å². The van der Waals surface area contributed by atoms with Crippen LogP contribution in [0, 0.1) is 13.8 Å². The van der Waals surface area contributed by atoms with E-state index in [2.05, 4.69) is 9.97 Å². The summed E-state index contributed by atoms with van der Waals surface area (Å²) in [5.74, 6) is 2.50. The third-order valence-electron chi connectivity index (χ3n) is 6.63. The summed E-state index contributed by atoms with van der Waals surface area (Å²) in [7, 11) is 0. The number of aromatic nitrogens is 2. The number of nitrogens with zero attached hydrogens (tertiary/aromatic N) is 2. The standard InChI is InChI=1S/C17H14F3NO2S.C16H13NO2S/c1-10-21-14-8-7-13(9-15(14)24-10)23-12-5-3-11(4-6-12)16(2,22)17(18,19)20;1-10(18)12-3-5-13(6-4-12)19-14-7-8-15-16(9-14)20-11(2)17-15/h3-9,22H,1-2H3;3-9H,1-2H3. The molecule has 1 N–H and O–H groups in total. The van der Waals surface area contributed by atoms with Gasteiger partial charge >= 0.3 is 6.18 Å². The first-order chi connectivity index (χ1) is 20.8. The monoisotopic (exact) mass is 636 g/mol. The van der Waals surface area contributed by atoms with E-state index in [1.807, 2.05) is 44.2 Å². The van der Waals surface area contributed by atoms with Gasteiger partial charge in [0.1, 0.15) is 23.0 Å². The molecule has 2 aromatic heterocycles. The van der Waals surface area contributed by atoms with E-state index in [4.69, 9.17) is 9.47 Å². The summed E-state index contributed by atoms with van der Waals surface area (Å²) in [6.07, 6.45) is -4.75. The van der Waals surface area contributed by atoms with Crippen molar-refractivity contribution in [2.45, 2.75) is 39.5 Å². The van der Waals surface area contributed by atoms with Crippen LogP contribution in [0.25, 0.3) is 20.4 Å². The van der Waals surface area contributed by atoms with Gasteiger partial charge in [0, 0.05) is 17.7 Å². The molecule has 0 fully saturated rings. The maximum atomic E-state index is 12.8. The fourth-order valence-corrected chi connectivity index (χ4v) is 5.92. The van der Waals surface area contributed by atoms with Crippen LogP contribution in [0.5, 0.6) is 23.0 Å². The van der Waals surface area contributed by atoms with E-state index in [1.165, 1.54) is 35.6 Å². The van der Waals surface area contributed by atoms with Gasteiger partial charge in [-0.05, 0) is 93.9 Å². The molecule has 2 heterocycles. The lowest BCUT2D eigenvalue weighted by Gasteiger charge is -2.26. The number of carbonyl (C=O) groups is 1. The Morgan fingerprint density at radius 2 is 1.11 bits per heavy atom. The summed E-state index contributed by atoms with van der Waals surface area (Å²) < 4.78 is 52.0. The molecule has 1 atom stereocenters. The van der Waals surface area contributed by atoms with Gasteiger partial charge in [-0.1, -0.05) is 12.1 Å². The molecule has 0 saturated carbocycles. The molecular formula is C33H27F3N2O4S2. The smallest absolute Gasteiger partial charge is 0.421 e. The number of carbonyl (C=O) groups excluding carboxylic acids is 1. The van der Waals surface area contributed by atoms with Crippen LogP contribution in [-0.4, -0.2) is 27.0 Å². The molecule has 0 aliphatic rings. The maximum absolute atomic E-state index is 12.8. The van der Waals surface area contributed by atoms with Gasteiger partial charge in [0.15, 0.2) is 11.4 Å². The van der Waals surface area contributed by atoms with Crippen molar-refractivity contribution in [3.05, 3.63) is 106 Å². The Morgan fingerprint density at radius 1 is 0.705 bits per heavy atom. The van der Waals surface area contributed by atoms with Crippen molar-refractivity contribution in [2.24, 2.45) is 0 Å². The first-order valence-electron chi connectivity index (χ1n) is 13.4. The number of ketones is 1. The lowest BCUT2D eigenvalue weighted by molar-refractivity contribution is -0.258. The van der Waals surface area contributed by atoms with Crippen molar-refractivity contribution in [3.63, 3.8) is 0 Å². The molecule has 6 nitrogen and oxygen atoms in total. The lowest BCUT2D eigenvalue weighted by atomic mass is 9.95. The number of thiazole rings is 2. The molecule has 44 heavy (non-hydrogen) atoms. The van der Waals surface area contributed by atoms with Crippen LogP contribution >= 0.6 is 22.7 Å². The Balaban J connectivity index is 0.000000177. The van der Waals surface area contributed by atoms with Crippen LogP contribution in [0.4, 0.5) is 13.2 Å². The van der Waals surface area contributed by atoms with Crippen molar-refractivity contribution >= 4 is 48.9 Å². The number of halogens is 3. The van der Waals surface area contributed by atoms with Gasteiger partial charge in [-0.25, -0.2) is 9.97 Å². The normalized spacial score (nSPS) is 12.8. The minimum absolute atomic E-state index is 0.0538. The number of aliphatic hydroxyl groups is 1. The number of alkyl halides is 3. The van der Waals surface area contributed by atoms with Crippen molar-refractivity contribution in [3.8, 4) is 23.0 Å². The van der Waals surface area contributed by atoms with Gasteiger partial charge in [0.25, 0.3) is 0 Å². The van der Waals surface area contributed by atoms with Crippen molar-refractivity contribution in [1.82, 2.24) is 9.97 Å². The van der Waals surface area contributed by atoms with Gasteiger partial charge < -0.3 is 14.6 Å². The molecule has 0 radical (unpaired) electrons. The van der Waals surface area contributed by atoms with E-state index in [9.17, 15) is 23.1 Å². The second-order valence-corrected chi connectivity index (χ2v) is 12.6. The molecular weight excluding hydrogens is 610 g/mol. The summed E-state index contributed by atoms with van der Waals surface area (Å²) in [4.78, 5) is 20.0. The van der Waals surface area contributed by atoms with Crippen LogP contribution in [0.3, 0.4) is 0 Å². The Hall–Kier alpha value is -4.32. The third kappa shape index (κ3) is 7.07. The SMILES string of the molecule is CC(=O)c1ccc(Oc2ccc3nc(C)sc3c2)cc1.Cc1nc2ccc(Oc3ccc(C(C)(O)C(F)(F)F)cc3)cc2s1. The highest BCUT2D eigenvalue weighted by Gasteiger charge is 2.51. The van der Waals surface area contributed by atoms with Gasteiger partial charge in [-0.3, -0.25) is 4.79 Å². The number of aryl methyl sites for hydroxylation is 2. The Labute approximate surface area is 259 Å². The van der Waals surface area contributed by atoms with Crippen molar-refractivity contribution in [2.75, 3.05) is 0 Å². The van der Waals surface area contributed by atoms with E-state index in [1.54, 1.807) is 48.6 Å². The Morgan fingerprint density at radius 3 is 1.52 bits per heavy atom. The molecule has 0 spiro atoms. The number of hydrogen-bond donors (Lipinski definition) is 1. The quantitative estimate of drug-likeness (QED) is 0.183. The molecule has 0 aliphatic carbocycles. The van der Waals surface area contributed by atoms with Crippen molar-refractivity contribution < 1.29 is 32.5 Å². The highest BCUT2D eigenvalue weighted by Crippen LogP contribution is 2.39. The van der Waals surface area contributed by atoms with E-state index in [0.29, 0.717) is 17.1 Å². The number of fused-ring (bicyclic) bond motifs is 2. The summed E-state index contributed by atoms with van der Waals surface area (Å²) in [6, 6.07) is 23.6. The Bertz CT molecular complexity index is 1930. The summed E-state index contributed by atoms with van der Waals surface area (Å²) in [5, 5.41) is 11.6. The minimum Gasteiger partial charge on any atom is -0.457 e. The fourth-order valence-electron chi connectivity index (χ4n) is 4.21. The first kappa shape index (κ1) is 31.1. The predicted molar refractivity (Wildman–Crippen MR) is 167 cm³/mol. The van der Waals surface area contributed by atoms with Crippen LogP contribution in [0.2, 0.25) is 0 Å². The summed E-state index contributed by atoms with van der Waals surface area (Å²) in [6.45, 7) is 6.18. The second-order valence-electron chi connectivity index (χ2n) is 10.1. The molecule has 11 heteroatoms. The molecule has 0 aliphatic heterocycles. The highest BCUT2D eigenvalue weighted by molar-refractivity contribution is 7.18. The van der Waals surface area contributed by atoms with Gasteiger partial charge in [0.05, 0.1) is 30.4 Å². The molecule has 0 bridgehead atoms. The zero-order valence-corrected chi connectivity index (χ0v) is 25.7. The minimum atomic E-state index is -4.75. The van der Waals surface area contributed by atoms with E-state index < -0.39 is 11.8 Å². The molecule has 6 aromatic rings. The zero-order chi connectivity index (χ0) is 31.6. The summed E-state index contributed by atoms with van der Waals surface area (Å²) in [5.41, 5.74) is -0.583. The van der Waals surface area contributed by atoms with Crippen LogP contribution in [0.1, 0.15) is 39.8 Å². The molecule has 6 rings (SSSR count). The van der Waals surface area contributed by atoms with Gasteiger partial charge in [-0.15, -0.1) is 22.7 Å². The molecule has 226 valence electrons. The summed E-state index contributed by atoms with van der Waals surface area (Å²) >= 11 is 3.18. The van der Waals surface area contributed by atoms with Crippen molar-refractivity contribution in [1.29, 1.82) is 0 Å². The number of ether oxygens (including phenoxy) is 2. The average Bonchev–Trinajstić information content (AvgIpc) is 3.53. The Kier molecular flexibility index (Phi) is 8.73. The molecule has 0 amide bonds. The maximum Gasteiger partial charge on any atom is 0.421 e. The second kappa shape index (κ2) is 12.4. The third-order valence-corrected chi connectivity index (χ3v) is 8.50. The van der Waals surface area contributed by atoms with E-state index in [0.717, 1.165) is 48.9 Å². The molecule has 4 aromatic carbocycles. The van der Waals surface area contributed by atoms with Gasteiger partial charge in [0.2, 0.25) is 0 Å².